The summed E-state index contributed by atoms with van der Waals surface area (Å²) in [5, 5.41) is 0. The van der Waals surface area contributed by atoms with E-state index in [1.807, 2.05) is 0 Å². The molecular formula is C19H21Br. The van der Waals surface area contributed by atoms with Gasteiger partial charge in [-0.05, 0) is 45.4 Å². The molecule has 0 radical (unpaired) electrons. The molecular weight excluding hydrogens is 308 g/mol. The van der Waals surface area contributed by atoms with Gasteiger partial charge in [0.1, 0.15) is 0 Å². The fourth-order valence-electron chi connectivity index (χ4n) is 3.48. The van der Waals surface area contributed by atoms with E-state index in [0.717, 1.165) is 4.47 Å². The van der Waals surface area contributed by atoms with Crippen LogP contribution in [0, 0.1) is 0 Å². The molecule has 0 saturated heterocycles. The van der Waals surface area contributed by atoms with E-state index in [1.165, 1.54) is 27.8 Å². The molecule has 20 heavy (non-hydrogen) atoms. The van der Waals surface area contributed by atoms with E-state index in [9.17, 15) is 0 Å². The molecule has 104 valence electrons. The van der Waals surface area contributed by atoms with E-state index in [4.69, 9.17) is 0 Å². The van der Waals surface area contributed by atoms with Gasteiger partial charge in [-0.25, -0.2) is 0 Å². The van der Waals surface area contributed by atoms with Gasteiger partial charge in [0.25, 0.3) is 0 Å². The Morgan fingerprint density at radius 2 is 1.65 bits per heavy atom. The molecule has 1 aliphatic rings. The molecule has 0 N–H and O–H groups in total. The van der Waals surface area contributed by atoms with Crippen LogP contribution in [-0.2, 0) is 10.8 Å². The summed E-state index contributed by atoms with van der Waals surface area (Å²) in [6.07, 6.45) is 0. The van der Waals surface area contributed by atoms with Crippen LogP contribution in [0.4, 0.5) is 0 Å². The van der Waals surface area contributed by atoms with Gasteiger partial charge in [0.2, 0.25) is 0 Å². The Labute approximate surface area is 130 Å². The Balaban J connectivity index is 2.38. The van der Waals surface area contributed by atoms with Crippen molar-refractivity contribution in [2.24, 2.45) is 0 Å². The van der Waals surface area contributed by atoms with E-state index in [0.29, 0.717) is 0 Å². The second-order valence-corrected chi connectivity index (χ2v) is 8.21. The van der Waals surface area contributed by atoms with Crippen molar-refractivity contribution in [2.75, 3.05) is 0 Å². The summed E-state index contributed by atoms with van der Waals surface area (Å²) in [5.41, 5.74) is 7.43. The van der Waals surface area contributed by atoms with Crippen molar-refractivity contribution < 1.29 is 0 Å². The van der Waals surface area contributed by atoms with Crippen molar-refractivity contribution in [2.45, 2.75) is 45.4 Å². The normalized spacial score (nSPS) is 15.9. The minimum Gasteiger partial charge on any atom is -0.0613 e. The summed E-state index contributed by atoms with van der Waals surface area (Å²) in [6, 6.07) is 13.4. The summed E-state index contributed by atoms with van der Waals surface area (Å²) in [4.78, 5) is 0. The summed E-state index contributed by atoms with van der Waals surface area (Å²) < 4.78 is 1.16. The lowest BCUT2D eigenvalue weighted by Gasteiger charge is -2.30. The first-order valence-corrected chi connectivity index (χ1v) is 7.96. The quantitative estimate of drug-likeness (QED) is 0.552. The van der Waals surface area contributed by atoms with Gasteiger partial charge in [-0.3, -0.25) is 0 Å². The zero-order valence-electron chi connectivity index (χ0n) is 12.8. The molecule has 2 aromatic rings. The number of benzene rings is 2. The fraction of sp³-hybridized carbons (Fsp3) is 0.368. The summed E-state index contributed by atoms with van der Waals surface area (Å²) in [7, 11) is 0. The first kappa shape index (κ1) is 13.9. The van der Waals surface area contributed by atoms with Crippen LogP contribution in [0.5, 0.6) is 0 Å². The minimum atomic E-state index is 0.0678. The van der Waals surface area contributed by atoms with Crippen molar-refractivity contribution >= 4 is 15.9 Å². The molecule has 1 aliphatic carbocycles. The highest BCUT2D eigenvalue weighted by molar-refractivity contribution is 9.10. The van der Waals surface area contributed by atoms with Gasteiger partial charge < -0.3 is 0 Å². The third-order valence-electron chi connectivity index (χ3n) is 4.44. The van der Waals surface area contributed by atoms with Gasteiger partial charge in [0.05, 0.1) is 0 Å². The molecule has 0 fully saturated rings. The number of hydrogen-bond donors (Lipinski definition) is 0. The molecule has 0 aliphatic heterocycles. The molecule has 0 heterocycles. The molecule has 1 heteroatoms. The monoisotopic (exact) mass is 328 g/mol. The molecule has 0 atom stereocenters. The van der Waals surface area contributed by atoms with Crippen molar-refractivity contribution in [3.8, 4) is 11.1 Å². The zero-order chi connectivity index (χ0) is 14.7. The Kier molecular flexibility index (Phi) is 2.92. The maximum atomic E-state index is 3.62. The maximum absolute atomic E-state index is 3.62. The lowest BCUT2D eigenvalue weighted by Crippen LogP contribution is -2.23. The average molecular weight is 329 g/mol. The van der Waals surface area contributed by atoms with Crippen molar-refractivity contribution in [1.82, 2.24) is 0 Å². The average Bonchev–Trinajstić information content (AvgIpc) is 2.57. The van der Waals surface area contributed by atoms with Crippen LogP contribution < -0.4 is 0 Å². The highest BCUT2D eigenvalue weighted by Crippen LogP contribution is 2.52. The summed E-state index contributed by atoms with van der Waals surface area (Å²) in [5.74, 6) is 0. The second-order valence-electron chi connectivity index (χ2n) is 7.29. The lowest BCUT2D eigenvalue weighted by atomic mass is 9.74. The molecule has 0 nitrogen and oxygen atoms in total. The van der Waals surface area contributed by atoms with Crippen LogP contribution in [0.25, 0.3) is 11.1 Å². The first-order chi connectivity index (χ1) is 9.23. The van der Waals surface area contributed by atoms with Crippen LogP contribution in [0.2, 0.25) is 0 Å². The van der Waals surface area contributed by atoms with Crippen molar-refractivity contribution in [3.05, 3.63) is 57.6 Å². The molecule has 0 saturated carbocycles. The topological polar surface area (TPSA) is 0 Å². The van der Waals surface area contributed by atoms with Crippen LogP contribution in [0.15, 0.2) is 40.9 Å². The first-order valence-electron chi connectivity index (χ1n) is 7.17. The largest absolute Gasteiger partial charge is 0.0613 e. The molecule has 0 amide bonds. The molecule has 0 bridgehead atoms. The molecule has 0 unspecified atom stereocenters. The standard InChI is InChI=1S/C19H21Br/c1-18(2,3)15-8-6-7-14-13-10-9-12(20)11-16(13)19(4,5)17(14)15/h6-11H,1-5H3. The van der Waals surface area contributed by atoms with Crippen molar-refractivity contribution in [1.29, 1.82) is 0 Å². The third-order valence-corrected chi connectivity index (χ3v) is 4.94. The molecule has 0 aromatic heterocycles. The lowest BCUT2D eigenvalue weighted by molar-refractivity contribution is 0.556. The van der Waals surface area contributed by atoms with Gasteiger partial charge >= 0.3 is 0 Å². The minimum absolute atomic E-state index is 0.0678. The van der Waals surface area contributed by atoms with Gasteiger partial charge in [-0.1, -0.05) is 74.8 Å². The van der Waals surface area contributed by atoms with Crippen LogP contribution in [-0.4, -0.2) is 0 Å². The Bertz CT molecular complexity index is 687. The van der Waals surface area contributed by atoms with Gasteiger partial charge in [-0.2, -0.15) is 0 Å². The van der Waals surface area contributed by atoms with E-state index in [2.05, 4.69) is 86.9 Å². The van der Waals surface area contributed by atoms with Gasteiger partial charge in [0.15, 0.2) is 0 Å². The predicted molar refractivity (Wildman–Crippen MR) is 90.4 cm³/mol. The SMILES string of the molecule is CC(C)(C)c1cccc2c1C(C)(C)c1cc(Br)ccc1-2. The number of halogens is 1. The fourth-order valence-corrected chi connectivity index (χ4v) is 3.84. The smallest absolute Gasteiger partial charge is 0.0178 e. The van der Waals surface area contributed by atoms with E-state index < -0.39 is 0 Å². The Morgan fingerprint density at radius 3 is 2.30 bits per heavy atom. The highest BCUT2D eigenvalue weighted by atomic mass is 79.9. The Morgan fingerprint density at radius 1 is 0.950 bits per heavy atom. The maximum Gasteiger partial charge on any atom is 0.0178 e. The number of hydrogen-bond acceptors (Lipinski definition) is 0. The third kappa shape index (κ3) is 1.87. The van der Waals surface area contributed by atoms with Gasteiger partial charge in [-0.15, -0.1) is 0 Å². The van der Waals surface area contributed by atoms with E-state index >= 15 is 0 Å². The molecule has 2 aromatic carbocycles. The molecule has 0 spiro atoms. The number of rotatable bonds is 0. The highest BCUT2D eigenvalue weighted by Gasteiger charge is 2.39. The summed E-state index contributed by atoms with van der Waals surface area (Å²) in [6.45, 7) is 11.6. The zero-order valence-corrected chi connectivity index (χ0v) is 14.4. The van der Waals surface area contributed by atoms with E-state index in [-0.39, 0.29) is 10.8 Å². The summed E-state index contributed by atoms with van der Waals surface area (Å²) >= 11 is 3.62. The van der Waals surface area contributed by atoms with Crippen LogP contribution in [0.3, 0.4) is 0 Å². The van der Waals surface area contributed by atoms with Crippen LogP contribution in [0.1, 0.15) is 51.3 Å². The van der Waals surface area contributed by atoms with E-state index in [1.54, 1.807) is 0 Å². The van der Waals surface area contributed by atoms with Gasteiger partial charge in [0, 0.05) is 9.89 Å². The number of fused-ring (bicyclic) bond motifs is 3. The van der Waals surface area contributed by atoms with Crippen molar-refractivity contribution in [3.63, 3.8) is 0 Å². The Hall–Kier alpha value is -1.08. The van der Waals surface area contributed by atoms with Crippen LogP contribution >= 0.6 is 15.9 Å². The molecule has 3 rings (SSSR count). The second kappa shape index (κ2) is 4.21. The predicted octanol–water partition coefficient (Wildman–Crippen LogP) is 6.05.